The van der Waals surface area contributed by atoms with Crippen LogP contribution in [0, 0.1) is 0 Å². The van der Waals surface area contributed by atoms with Crippen LogP contribution >= 0.6 is 0 Å². The molecule has 0 radical (unpaired) electrons. The van der Waals surface area contributed by atoms with Gasteiger partial charge in [-0.2, -0.15) is 0 Å². The Kier molecular flexibility index (Phi) is 5.89. The average Bonchev–Trinajstić information content (AvgIpc) is 2.89. The molecule has 0 aliphatic carbocycles. The van der Waals surface area contributed by atoms with Crippen molar-refractivity contribution in [3.8, 4) is 0 Å². The summed E-state index contributed by atoms with van der Waals surface area (Å²) in [6.45, 7) is 11.3. The Morgan fingerprint density at radius 2 is 2.00 bits per heavy atom. The van der Waals surface area contributed by atoms with E-state index in [1.807, 2.05) is 6.26 Å². The second-order valence-electron chi connectivity index (χ2n) is 5.06. The highest BCUT2D eigenvalue weighted by Gasteiger charge is 2.36. The second-order valence-corrected chi connectivity index (χ2v) is 5.06. The summed E-state index contributed by atoms with van der Waals surface area (Å²) in [4.78, 5) is 2.55. The van der Waals surface area contributed by atoms with Gasteiger partial charge in [-0.25, -0.2) is 0 Å². The molecule has 0 saturated heterocycles. The van der Waals surface area contributed by atoms with E-state index in [0.29, 0.717) is 6.04 Å². The summed E-state index contributed by atoms with van der Waals surface area (Å²) >= 11 is 0. The van der Waals surface area contributed by atoms with Gasteiger partial charge in [0, 0.05) is 11.6 Å². The van der Waals surface area contributed by atoms with Crippen LogP contribution in [-0.4, -0.2) is 36.6 Å². The van der Waals surface area contributed by atoms with Crippen LogP contribution in [0.25, 0.3) is 0 Å². The molecule has 18 heavy (non-hydrogen) atoms. The fourth-order valence-electron chi connectivity index (χ4n) is 2.91. The molecule has 2 atom stereocenters. The first kappa shape index (κ1) is 15.3. The first-order chi connectivity index (χ1) is 8.62. The zero-order valence-corrected chi connectivity index (χ0v) is 12.5. The lowest BCUT2D eigenvalue weighted by Gasteiger charge is -2.45. The van der Waals surface area contributed by atoms with Gasteiger partial charge in [-0.1, -0.05) is 20.8 Å². The number of rotatable bonds is 8. The number of nitrogens with zero attached hydrogens (tertiary/aromatic N) is 1. The molecule has 0 aromatic carbocycles. The van der Waals surface area contributed by atoms with Crippen LogP contribution in [-0.2, 0) is 6.42 Å². The molecule has 0 amide bonds. The summed E-state index contributed by atoms with van der Waals surface area (Å²) in [6, 6.07) is 2.49. The molecular formula is C15H28N2O. The average molecular weight is 252 g/mol. The molecule has 3 nitrogen and oxygen atoms in total. The van der Waals surface area contributed by atoms with Crippen molar-refractivity contribution in [2.45, 2.75) is 52.1 Å². The van der Waals surface area contributed by atoms with E-state index in [1.165, 1.54) is 5.56 Å². The van der Waals surface area contributed by atoms with E-state index in [-0.39, 0.29) is 5.54 Å². The van der Waals surface area contributed by atoms with E-state index in [0.717, 1.165) is 25.9 Å². The molecule has 0 spiro atoms. The molecule has 0 fully saturated rings. The third kappa shape index (κ3) is 3.15. The quantitative estimate of drug-likeness (QED) is 0.771. The van der Waals surface area contributed by atoms with Crippen LogP contribution in [0.15, 0.2) is 23.0 Å². The predicted octanol–water partition coefficient (Wildman–Crippen LogP) is 2.92. The smallest absolute Gasteiger partial charge is 0.0935 e. The fraction of sp³-hybridized carbons (Fsp3) is 0.733. The van der Waals surface area contributed by atoms with Crippen LogP contribution in [0.5, 0.6) is 0 Å². The molecule has 0 aliphatic rings. The Balaban J connectivity index is 2.87. The third-order valence-corrected chi connectivity index (χ3v) is 4.32. The lowest BCUT2D eigenvalue weighted by Crippen LogP contribution is -2.59. The van der Waals surface area contributed by atoms with Crippen LogP contribution in [0.3, 0.4) is 0 Å². The molecule has 0 aliphatic heterocycles. The van der Waals surface area contributed by atoms with Gasteiger partial charge in [-0.15, -0.1) is 0 Å². The number of nitrogens with one attached hydrogen (secondary N) is 1. The van der Waals surface area contributed by atoms with E-state index in [1.54, 1.807) is 6.26 Å². The maximum atomic E-state index is 5.18. The van der Waals surface area contributed by atoms with E-state index in [2.05, 4.69) is 51.0 Å². The lowest BCUT2D eigenvalue weighted by molar-refractivity contribution is 0.0730. The Morgan fingerprint density at radius 1 is 1.33 bits per heavy atom. The van der Waals surface area contributed by atoms with E-state index in [9.17, 15) is 0 Å². The van der Waals surface area contributed by atoms with Crippen molar-refractivity contribution in [1.29, 1.82) is 0 Å². The van der Waals surface area contributed by atoms with Crippen LogP contribution in [0.4, 0.5) is 0 Å². The molecule has 1 rings (SSSR count). The lowest BCUT2D eigenvalue weighted by atomic mass is 9.84. The molecule has 0 bridgehead atoms. The van der Waals surface area contributed by atoms with Gasteiger partial charge in [0.15, 0.2) is 0 Å². The maximum Gasteiger partial charge on any atom is 0.0935 e. The summed E-state index contributed by atoms with van der Waals surface area (Å²) in [5.74, 6) is 0. The van der Waals surface area contributed by atoms with Gasteiger partial charge >= 0.3 is 0 Å². The maximum absolute atomic E-state index is 5.18. The molecule has 1 heterocycles. The predicted molar refractivity (Wildman–Crippen MR) is 76.9 cm³/mol. The number of hydrogen-bond acceptors (Lipinski definition) is 3. The highest BCUT2D eigenvalue weighted by atomic mass is 16.3. The van der Waals surface area contributed by atoms with Gasteiger partial charge in [-0.05, 0) is 51.5 Å². The van der Waals surface area contributed by atoms with Gasteiger partial charge in [-0.3, -0.25) is 4.90 Å². The van der Waals surface area contributed by atoms with Crippen molar-refractivity contribution in [2.24, 2.45) is 0 Å². The fourth-order valence-corrected chi connectivity index (χ4v) is 2.91. The minimum atomic E-state index is 0.176. The standard InChI is InChI=1S/C15H28N2O/c1-6-15(4,17(7-2)8-3)14(16-5)11-13-9-10-18-12-13/h9-10,12,14,16H,6-8,11H2,1-5H3. The molecule has 1 N–H and O–H groups in total. The van der Waals surface area contributed by atoms with Crippen LogP contribution in [0.2, 0.25) is 0 Å². The van der Waals surface area contributed by atoms with Crippen molar-refractivity contribution in [3.05, 3.63) is 24.2 Å². The highest BCUT2D eigenvalue weighted by Crippen LogP contribution is 2.26. The molecule has 3 heteroatoms. The number of hydrogen-bond donors (Lipinski definition) is 1. The van der Waals surface area contributed by atoms with E-state index >= 15 is 0 Å². The Bertz CT molecular complexity index is 319. The Labute approximate surface area is 112 Å². The Morgan fingerprint density at radius 3 is 2.39 bits per heavy atom. The number of likely N-dealkylation sites (N-methyl/N-ethyl adjacent to an activating group) is 2. The van der Waals surface area contributed by atoms with E-state index in [4.69, 9.17) is 4.42 Å². The van der Waals surface area contributed by atoms with Crippen LogP contribution < -0.4 is 5.32 Å². The van der Waals surface area contributed by atoms with Gasteiger partial charge in [0.1, 0.15) is 0 Å². The highest BCUT2D eigenvalue weighted by molar-refractivity contribution is 5.11. The molecular weight excluding hydrogens is 224 g/mol. The molecule has 0 saturated carbocycles. The normalized spacial score (nSPS) is 16.8. The van der Waals surface area contributed by atoms with Crippen molar-refractivity contribution >= 4 is 0 Å². The van der Waals surface area contributed by atoms with E-state index < -0.39 is 0 Å². The molecule has 1 aromatic rings. The van der Waals surface area contributed by atoms with Crippen LogP contribution in [0.1, 0.15) is 39.7 Å². The van der Waals surface area contributed by atoms with Gasteiger partial charge < -0.3 is 9.73 Å². The molecule has 104 valence electrons. The summed E-state index contributed by atoms with van der Waals surface area (Å²) in [6.07, 6.45) is 5.75. The second kappa shape index (κ2) is 6.95. The minimum absolute atomic E-state index is 0.176. The van der Waals surface area contributed by atoms with Crippen molar-refractivity contribution in [3.63, 3.8) is 0 Å². The number of furan rings is 1. The third-order valence-electron chi connectivity index (χ3n) is 4.32. The first-order valence-corrected chi connectivity index (χ1v) is 7.05. The van der Waals surface area contributed by atoms with Crippen molar-refractivity contribution < 1.29 is 4.42 Å². The summed E-state index contributed by atoms with van der Waals surface area (Å²) in [5.41, 5.74) is 1.44. The first-order valence-electron chi connectivity index (χ1n) is 7.05. The Hall–Kier alpha value is -0.800. The van der Waals surface area contributed by atoms with Crippen molar-refractivity contribution in [2.75, 3.05) is 20.1 Å². The summed E-state index contributed by atoms with van der Waals surface area (Å²) in [7, 11) is 2.06. The van der Waals surface area contributed by atoms with Gasteiger partial charge in [0.25, 0.3) is 0 Å². The zero-order chi connectivity index (χ0) is 13.6. The summed E-state index contributed by atoms with van der Waals surface area (Å²) in [5, 5.41) is 3.50. The largest absolute Gasteiger partial charge is 0.472 e. The van der Waals surface area contributed by atoms with Gasteiger partial charge in [0.2, 0.25) is 0 Å². The monoisotopic (exact) mass is 252 g/mol. The topological polar surface area (TPSA) is 28.4 Å². The summed E-state index contributed by atoms with van der Waals surface area (Å²) < 4.78 is 5.18. The van der Waals surface area contributed by atoms with Crippen molar-refractivity contribution in [1.82, 2.24) is 10.2 Å². The molecule has 2 unspecified atom stereocenters. The zero-order valence-electron chi connectivity index (χ0n) is 12.5. The SMILES string of the molecule is CCN(CC)C(C)(CC)C(Cc1ccoc1)NC. The van der Waals surface area contributed by atoms with Gasteiger partial charge in [0.05, 0.1) is 12.5 Å². The molecule has 1 aromatic heterocycles. The minimum Gasteiger partial charge on any atom is -0.472 e.